The molecule has 2 bridgehead atoms. The molecule has 1 saturated heterocycles. The van der Waals surface area contributed by atoms with Crippen LogP contribution >= 0.6 is 0 Å². The third-order valence-electron chi connectivity index (χ3n) is 4.78. The van der Waals surface area contributed by atoms with Gasteiger partial charge in [0.15, 0.2) is 0 Å². The lowest BCUT2D eigenvalue weighted by atomic mass is 10.1. The average molecular weight is 348 g/mol. The van der Waals surface area contributed by atoms with Gasteiger partial charge < -0.3 is 4.74 Å². The average Bonchev–Trinajstić information content (AvgIpc) is 3.13. The number of aromatic nitrogens is 1. The third kappa shape index (κ3) is 2.57. The molecule has 1 aromatic carbocycles. The van der Waals surface area contributed by atoms with E-state index in [9.17, 15) is 12.8 Å². The number of fused-ring (bicyclic) bond motifs is 2. The van der Waals surface area contributed by atoms with Gasteiger partial charge in [0.1, 0.15) is 11.9 Å². The highest BCUT2D eigenvalue weighted by molar-refractivity contribution is 7.89. The summed E-state index contributed by atoms with van der Waals surface area (Å²) in [5.74, 6) is 0.223. The van der Waals surface area contributed by atoms with E-state index in [2.05, 4.69) is 4.98 Å². The van der Waals surface area contributed by atoms with Crippen LogP contribution in [0.5, 0.6) is 5.88 Å². The van der Waals surface area contributed by atoms with Crippen molar-refractivity contribution in [2.45, 2.75) is 29.9 Å². The van der Waals surface area contributed by atoms with E-state index in [-0.39, 0.29) is 23.0 Å². The normalized spacial score (nSPS) is 26.6. The Balaban J connectivity index is 1.59. The van der Waals surface area contributed by atoms with Gasteiger partial charge in [0, 0.05) is 24.7 Å². The van der Waals surface area contributed by atoms with Crippen LogP contribution in [0.25, 0.3) is 0 Å². The number of halogens is 1. The summed E-state index contributed by atoms with van der Waals surface area (Å²) < 4.78 is 46.3. The minimum Gasteiger partial charge on any atom is -0.472 e. The maximum Gasteiger partial charge on any atom is 0.243 e. The summed E-state index contributed by atoms with van der Waals surface area (Å²) in [6.07, 6.45) is 3.18. The number of nitrogens with zero attached hydrogens (tertiary/aromatic N) is 2. The smallest absolute Gasteiger partial charge is 0.243 e. The number of pyridine rings is 1. The van der Waals surface area contributed by atoms with Crippen LogP contribution in [0.15, 0.2) is 53.6 Å². The van der Waals surface area contributed by atoms with E-state index >= 15 is 0 Å². The van der Waals surface area contributed by atoms with Crippen LogP contribution in [0, 0.1) is 11.7 Å². The van der Waals surface area contributed by atoms with Crippen molar-refractivity contribution in [2.24, 2.45) is 5.92 Å². The summed E-state index contributed by atoms with van der Waals surface area (Å²) in [7, 11) is -3.65. The number of hydrogen-bond donors (Lipinski definition) is 0. The molecule has 126 valence electrons. The number of ether oxygens (including phenoxy) is 1. The Morgan fingerprint density at radius 1 is 1.12 bits per heavy atom. The molecule has 4 rings (SSSR count). The molecule has 2 fully saturated rings. The van der Waals surface area contributed by atoms with Gasteiger partial charge in [-0.25, -0.2) is 17.8 Å². The molecule has 7 heteroatoms. The highest BCUT2D eigenvalue weighted by Crippen LogP contribution is 2.42. The van der Waals surface area contributed by atoms with Crippen molar-refractivity contribution < 1.29 is 17.5 Å². The van der Waals surface area contributed by atoms with Gasteiger partial charge in [0.2, 0.25) is 15.9 Å². The number of benzene rings is 1. The quantitative estimate of drug-likeness (QED) is 0.852. The predicted molar refractivity (Wildman–Crippen MR) is 85.5 cm³/mol. The Morgan fingerprint density at radius 2 is 1.92 bits per heavy atom. The summed E-state index contributed by atoms with van der Waals surface area (Å²) in [6, 6.07) is 10.2. The van der Waals surface area contributed by atoms with Gasteiger partial charge in [0.05, 0.1) is 10.9 Å². The minimum absolute atomic E-state index is 0.119. The SMILES string of the molecule is O=S(=O)(c1ccc(F)cc1)N1C[C@H]2CC[C@H]1[C@@H]2Oc1ccccn1. The van der Waals surface area contributed by atoms with Crippen molar-refractivity contribution in [3.8, 4) is 5.88 Å². The molecule has 1 aliphatic carbocycles. The van der Waals surface area contributed by atoms with E-state index < -0.39 is 15.8 Å². The molecule has 24 heavy (non-hydrogen) atoms. The second-order valence-corrected chi connectivity index (χ2v) is 8.07. The van der Waals surface area contributed by atoms with E-state index in [1.54, 1.807) is 18.3 Å². The van der Waals surface area contributed by atoms with Crippen molar-refractivity contribution >= 4 is 10.0 Å². The highest BCUT2D eigenvalue weighted by atomic mass is 32.2. The Hall–Kier alpha value is -1.99. The van der Waals surface area contributed by atoms with E-state index in [1.165, 1.54) is 28.6 Å². The monoisotopic (exact) mass is 348 g/mol. The molecular formula is C17H17FN2O3S. The van der Waals surface area contributed by atoms with E-state index in [1.807, 2.05) is 6.07 Å². The second-order valence-electron chi connectivity index (χ2n) is 6.18. The molecule has 0 N–H and O–H groups in total. The zero-order chi connectivity index (χ0) is 16.7. The Kier molecular flexibility index (Phi) is 3.77. The van der Waals surface area contributed by atoms with Gasteiger partial charge >= 0.3 is 0 Å². The van der Waals surface area contributed by atoms with Crippen LogP contribution in [0.4, 0.5) is 4.39 Å². The Bertz CT molecular complexity index is 827. The largest absolute Gasteiger partial charge is 0.472 e. The maximum atomic E-state index is 13.1. The highest BCUT2D eigenvalue weighted by Gasteiger charge is 2.53. The van der Waals surface area contributed by atoms with Gasteiger partial charge in [-0.05, 0) is 43.2 Å². The fourth-order valence-electron chi connectivity index (χ4n) is 3.65. The summed E-state index contributed by atoms with van der Waals surface area (Å²) in [6.45, 7) is 0.432. The topological polar surface area (TPSA) is 59.5 Å². The van der Waals surface area contributed by atoms with Crippen molar-refractivity contribution in [1.82, 2.24) is 9.29 Å². The molecule has 0 radical (unpaired) electrons. The zero-order valence-electron chi connectivity index (χ0n) is 12.9. The van der Waals surface area contributed by atoms with Crippen LogP contribution in [0.1, 0.15) is 12.8 Å². The van der Waals surface area contributed by atoms with Crippen molar-refractivity contribution in [2.75, 3.05) is 6.54 Å². The third-order valence-corrected chi connectivity index (χ3v) is 6.68. The molecule has 2 aromatic rings. The Morgan fingerprint density at radius 3 is 2.62 bits per heavy atom. The molecule has 3 atom stereocenters. The first-order valence-corrected chi connectivity index (χ1v) is 9.35. The van der Waals surface area contributed by atoms with Crippen molar-refractivity contribution in [1.29, 1.82) is 0 Å². The van der Waals surface area contributed by atoms with E-state index in [0.29, 0.717) is 12.4 Å². The molecular weight excluding hydrogens is 331 g/mol. The predicted octanol–water partition coefficient (Wildman–Crippen LogP) is 2.45. The summed E-state index contributed by atoms with van der Waals surface area (Å²) in [4.78, 5) is 4.28. The lowest BCUT2D eigenvalue weighted by molar-refractivity contribution is 0.161. The fraction of sp³-hybridized carbons (Fsp3) is 0.353. The minimum atomic E-state index is -3.65. The summed E-state index contributed by atoms with van der Waals surface area (Å²) in [5.41, 5.74) is 0. The van der Waals surface area contributed by atoms with Crippen molar-refractivity contribution in [3.05, 3.63) is 54.5 Å². The molecule has 0 amide bonds. The molecule has 1 aromatic heterocycles. The van der Waals surface area contributed by atoms with E-state index in [0.717, 1.165) is 12.8 Å². The molecule has 2 aliphatic rings. The summed E-state index contributed by atoms with van der Waals surface area (Å²) >= 11 is 0. The van der Waals surface area contributed by atoms with Gasteiger partial charge in [-0.3, -0.25) is 0 Å². The van der Waals surface area contributed by atoms with Gasteiger partial charge in [-0.1, -0.05) is 6.07 Å². The van der Waals surface area contributed by atoms with E-state index in [4.69, 9.17) is 4.74 Å². The number of hydrogen-bond acceptors (Lipinski definition) is 4. The van der Waals surface area contributed by atoms with Gasteiger partial charge in [-0.15, -0.1) is 0 Å². The molecule has 0 unspecified atom stereocenters. The maximum absolute atomic E-state index is 13.1. The zero-order valence-corrected chi connectivity index (χ0v) is 13.7. The standard InChI is InChI=1S/C17H17FN2O3S/c18-13-5-7-14(8-6-13)24(21,22)20-11-12-4-9-15(20)17(12)23-16-3-1-2-10-19-16/h1-3,5-8,10,12,15,17H,4,9,11H2/t12-,15+,17-/m1/s1. The molecule has 5 nitrogen and oxygen atoms in total. The molecule has 2 heterocycles. The summed E-state index contributed by atoms with van der Waals surface area (Å²) in [5, 5.41) is 0. The van der Waals surface area contributed by atoms with Gasteiger partial charge in [-0.2, -0.15) is 4.31 Å². The lowest BCUT2D eigenvalue weighted by Gasteiger charge is -2.26. The number of sulfonamides is 1. The molecule has 0 spiro atoms. The van der Waals surface area contributed by atoms with Gasteiger partial charge in [0.25, 0.3) is 0 Å². The first-order valence-electron chi connectivity index (χ1n) is 7.91. The number of rotatable bonds is 4. The first kappa shape index (κ1) is 15.5. The van der Waals surface area contributed by atoms with Crippen LogP contribution < -0.4 is 4.74 Å². The van der Waals surface area contributed by atoms with Crippen LogP contribution in [0.2, 0.25) is 0 Å². The number of piperidine rings is 1. The Labute approximate surface area is 140 Å². The lowest BCUT2D eigenvalue weighted by Crippen LogP contribution is -2.40. The van der Waals surface area contributed by atoms with Crippen molar-refractivity contribution in [3.63, 3.8) is 0 Å². The van der Waals surface area contributed by atoms with Crippen LogP contribution in [-0.2, 0) is 10.0 Å². The molecule has 1 saturated carbocycles. The van der Waals surface area contributed by atoms with Crippen LogP contribution in [0.3, 0.4) is 0 Å². The fourth-order valence-corrected chi connectivity index (χ4v) is 5.37. The van der Waals surface area contributed by atoms with Crippen LogP contribution in [-0.4, -0.2) is 36.4 Å². The molecule has 1 aliphatic heterocycles. The first-order chi connectivity index (χ1) is 11.6. The second kappa shape index (κ2) is 5.82.